The minimum atomic E-state index is -3.72. The van der Waals surface area contributed by atoms with Crippen LogP contribution in [0.1, 0.15) is 27.0 Å². The van der Waals surface area contributed by atoms with Crippen LogP contribution in [-0.2, 0) is 10.0 Å². The van der Waals surface area contributed by atoms with Crippen molar-refractivity contribution in [3.8, 4) is 0 Å². The molecule has 29 heavy (non-hydrogen) atoms. The van der Waals surface area contributed by atoms with E-state index < -0.39 is 10.0 Å². The minimum Gasteiger partial charge on any atom is -0.322 e. The lowest BCUT2D eigenvalue weighted by Crippen LogP contribution is -2.15. The van der Waals surface area contributed by atoms with Gasteiger partial charge in [0, 0.05) is 14.8 Å². The van der Waals surface area contributed by atoms with Crippen LogP contribution in [0.2, 0.25) is 0 Å². The Morgan fingerprint density at radius 2 is 1.59 bits per heavy atom. The molecule has 0 atom stereocenters. The molecule has 3 rings (SSSR count). The maximum Gasteiger partial charge on any atom is 0.261 e. The standard InChI is InChI=1S/C22H21IN2O3S/c1-14-5-4-6-21(16(14)3)25-29(27,28)19-11-9-18(10-12-19)24-22(26)17-8-7-15(2)20(23)13-17/h4-13,25H,1-3H3,(H,24,26). The molecule has 3 aromatic carbocycles. The Hall–Kier alpha value is -2.39. The predicted molar refractivity (Wildman–Crippen MR) is 125 cm³/mol. The van der Waals surface area contributed by atoms with Gasteiger partial charge in [0.05, 0.1) is 10.6 Å². The van der Waals surface area contributed by atoms with Crippen molar-refractivity contribution in [2.45, 2.75) is 25.7 Å². The summed E-state index contributed by atoms with van der Waals surface area (Å²) in [5, 5.41) is 2.79. The zero-order valence-corrected chi connectivity index (χ0v) is 19.3. The van der Waals surface area contributed by atoms with Gasteiger partial charge >= 0.3 is 0 Å². The molecule has 7 heteroatoms. The number of sulfonamides is 1. The Labute approximate surface area is 184 Å². The van der Waals surface area contributed by atoms with E-state index in [2.05, 4.69) is 32.6 Å². The van der Waals surface area contributed by atoms with Gasteiger partial charge in [-0.2, -0.15) is 0 Å². The summed E-state index contributed by atoms with van der Waals surface area (Å²) in [6.45, 7) is 5.78. The molecule has 0 aliphatic heterocycles. The van der Waals surface area contributed by atoms with Crippen LogP contribution in [0.3, 0.4) is 0 Å². The topological polar surface area (TPSA) is 75.3 Å². The summed E-state index contributed by atoms with van der Waals surface area (Å²) in [6, 6.07) is 17.1. The lowest BCUT2D eigenvalue weighted by Gasteiger charge is -2.13. The Balaban J connectivity index is 1.76. The number of nitrogens with one attached hydrogen (secondary N) is 2. The molecule has 2 N–H and O–H groups in total. The van der Waals surface area contributed by atoms with Crippen molar-refractivity contribution in [1.29, 1.82) is 0 Å². The van der Waals surface area contributed by atoms with E-state index in [1.54, 1.807) is 24.3 Å². The molecule has 0 fully saturated rings. The van der Waals surface area contributed by atoms with Crippen LogP contribution < -0.4 is 10.0 Å². The van der Waals surface area contributed by atoms with Crippen LogP contribution in [0.5, 0.6) is 0 Å². The molecule has 0 spiro atoms. The Kier molecular flexibility index (Phi) is 6.28. The van der Waals surface area contributed by atoms with Gasteiger partial charge in [0.25, 0.3) is 15.9 Å². The second-order valence-electron chi connectivity index (χ2n) is 6.80. The SMILES string of the molecule is Cc1ccc(C(=O)Nc2ccc(S(=O)(=O)Nc3cccc(C)c3C)cc2)cc1I. The first-order valence-corrected chi connectivity index (χ1v) is 11.5. The van der Waals surface area contributed by atoms with Gasteiger partial charge in [-0.15, -0.1) is 0 Å². The van der Waals surface area contributed by atoms with Gasteiger partial charge < -0.3 is 5.32 Å². The van der Waals surface area contributed by atoms with Crippen molar-refractivity contribution < 1.29 is 13.2 Å². The zero-order valence-electron chi connectivity index (χ0n) is 16.3. The highest BCUT2D eigenvalue weighted by Gasteiger charge is 2.16. The summed E-state index contributed by atoms with van der Waals surface area (Å²) >= 11 is 2.19. The van der Waals surface area contributed by atoms with E-state index in [4.69, 9.17) is 0 Å². The van der Waals surface area contributed by atoms with Gasteiger partial charge in [-0.3, -0.25) is 9.52 Å². The summed E-state index contributed by atoms with van der Waals surface area (Å²) in [7, 11) is -3.72. The van der Waals surface area contributed by atoms with Crippen molar-refractivity contribution in [1.82, 2.24) is 0 Å². The predicted octanol–water partition coefficient (Wildman–Crippen LogP) is 5.27. The maximum absolute atomic E-state index is 12.7. The number of benzene rings is 3. The third kappa shape index (κ3) is 4.97. The molecule has 0 saturated heterocycles. The van der Waals surface area contributed by atoms with Crippen molar-refractivity contribution in [2.24, 2.45) is 0 Å². The first-order chi connectivity index (χ1) is 13.7. The number of hydrogen-bond donors (Lipinski definition) is 2. The van der Waals surface area contributed by atoms with Crippen LogP contribution >= 0.6 is 22.6 Å². The van der Waals surface area contributed by atoms with Gasteiger partial charge in [-0.1, -0.05) is 18.2 Å². The van der Waals surface area contributed by atoms with Crippen molar-refractivity contribution in [3.05, 3.63) is 86.5 Å². The van der Waals surface area contributed by atoms with Gasteiger partial charge in [0.1, 0.15) is 0 Å². The molecule has 1 amide bonds. The molecular weight excluding hydrogens is 499 g/mol. The first kappa shape index (κ1) is 21.3. The van der Waals surface area contributed by atoms with Crippen LogP contribution in [0, 0.1) is 24.3 Å². The minimum absolute atomic E-state index is 0.126. The summed E-state index contributed by atoms with van der Waals surface area (Å²) in [4.78, 5) is 12.6. The fourth-order valence-corrected chi connectivity index (χ4v) is 4.36. The van der Waals surface area contributed by atoms with Crippen molar-refractivity contribution >= 4 is 49.9 Å². The number of anilines is 2. The number of carbonyl (C=O) groups excluding carboxylic acids is 1. The number of aryl methyl sites for hydroxylation is 2. The average molecular weight is 520 g/mol. The first-order valence-electron chi connectivity index (χ1n) is 8.94. The summed E-state index contributed by atoms with van der Waals surface area (Å²) in [5.41, 5.74) is 4.62. The van der Waals surface area contributed by atoms with E-state index in [-0.39, 0.29) is 10.8 Å². The zero-order chi connectivity index (χ0) is 21.2. The second kappa shape index (κ2) is 8.54. The summed E-state index contributed by atoms with van der Waals surface area (Å²) < 4.78 is 29.0. The Morgan fingerprint density at radius 1 is 0.897 bits per heavy atom. The van der Waals surface area contributed by atoms with Crippen LogP contribution in [-0.4, -0.2) is 14.3 Å². The average Bonchev–Trinajstić information content (AvgIpc) is 2.68. The van der Waals surface area contributed by atoms with Crippen molar-refractivity contribution in [2.75, 3.05) is 10.0 Å². The largest absolute Gasteiger partial charge is 0.322 e. The Morgan fingerprint density at radius 3 is 2.24 bits per heavy atom. The van der Waals surface area contributed by atoms with E-state index in [0.29, 0.717) is 16.9 Å². The van der Waals surface area contributed by atoms with E-state index in [1.165, 1.54) is 12.1 Å². The van der Waals surface area contributed by atoms with E-state index in [0.717, 1.165) is 20.3 Å². The Bertz CT molecular complexity index is 1170. The summed E-state index contributed by atoms with van der Waals surface area (Å²) in [6.07, 6.45) is 0. The molecule has 0 saturated carbocycles. The monoisotopic (exact) mass is 520 g/mol. The molecule has 0 bridgehead atoms. The van der Waals surface area contributed by atoms with Gasteiger partial charge in [-0.25, -0.2) is 8.42 Å². The van der Waals surface area contributed by atoms with E-state index >= 15 is 0 Å². The van der Waals surface area contributed by atoms with Gasteiger partial charge in [-0.05, 0) is 103 Å². The molecule has 150 valence electrons. The summed E-state index contributed by atoms with van der Waals surface area (Å²) in [5.74, 6) is -0.243. The highest BCUT2D eigenvalue weighted by atomic mass is 127. The third-order valence-corrected chi connectivity index (χ3v) is 7.25. The molecule has 5 nitrogen and oxygen atoms in total. The normalized spacial score (nSPS) is 11.2. The maximum atomic E-state index is 12.7. The molecule has 0 unspecified atom stereocenters. The van der Waals surface area contributed by atoms with Crippen LogP contribution in [0.15, 0.2) is 65.6 Å². The number of hydrogen-bond acceptors (Lipinski definition) is 3. The van der Waals surface area contributed by atoms with Gasteiger partial charge in [0.15, 0.2) is 0 Å². The number of carbonyl (C=O) groups is 1. The molecule has 0 heterocycles. The number of halogens is 1. The van der Waals surface area contributed by atoms with Crippen molar-refractivity contribution in [3.63, 3.8) is 0 Å². The van der Waals surface area contributed by atoms with Crippen LogP contribution in [0.25, 0.3) is 0 Å². The molecule has 0 radical (unpaired) electrons. The molecule has 0 aromatic heterocycles. The molecular formula is C22H21IN2O3S. The van der Waals surface area contributed by atoms with Gasteiger partial charge in [0.2, 0.25) is 0 Å². The fraction of sp³-hybridized carbons (Fsp3) is 0.136. The lowest BCUT2D eigenvalue weighted by molar-refractivity contribution is 0.102. The number of rotatable bonds is 5. The lowest BCUT2D eigenvalue weighted by atomic mass is 10.1. The number of amides is 1. The fourth-order valence-electron chi connectivity index (χ4n) is 2.72. The highest BCUT2D eigenvalue weighted by Crippen LogP contribution is 2.23. The second-order valence-corrected chi connectivity index (χ2v) is 9.64. The highest BCUT2D eigenvalue weighted by molar-refractivity contribution is 14.1. The quantitative estimate of drug-likeness (QED) is 0.451. The molecule has 0 aliphatic carbocycles. The van der Waals surface area contributed by atoms with Crippen LogP contribution in [0.4, 0.5) is 11.4 Å². The van der Waals surface area contributed by atoms with E-state index in [9.17, 15) is 13.2 Å². The molecule has 0 aliphatic rings. The smallest absolute Gasteiger partial charge is 0.261 e. The third-order valence-electron chi connectivity index (χ3n) is 4.71. The van der Waals surface area contributed by atoms with E-state index in [1.807, 2.05) is 45.0 Å². The molecule has 3 aromatic rings.